The van der Waals surface area contributed by atoms with Crippen molar-refractivity contribution in [1.29, 1.82) is 0 Å². The molecule has 0 aromatic carbocycles. The Bertz CT molecular complexity index is 185. The van der Waals surface area contributed by atoms with Gasteiger partial charge in [0.25, 0.3) is 0 Å². The first-order valence-electron chi connectivity index (χ1n) is 6.13. The number of rotatable bonds is 11. The summed E-state index contributed by atoms with van der Waals surface area (Å²) in [5.74, 6) is -0.198. The van der Waals surface area contributed by atoms with Crippen LogP contribution in [0.15, 0.2) is 0 Å². The van der Waals surface area contributed by atoms with Crippen LogP contribution in [0.5, 0.6) is 0 Å². The lowest BCUT2D eigenvalue weighted by molar-refractivity contribution is -0.146. The van der Waals surface area contributed by atoms with Gasteiger partial charge in [0.1, 0.15) is 0 Å². The molecule has 0 fully saturated rings. The van der Waals surface area contributed by atoms with Gasteiger partial charge in [0, 0.05) is 13.7 Å². The zero-order valence-electron chi connectivity index (χ0n) is 11.2. The van der Waals surface area contributed by atoms with Crippen LogP contribution < -0.4 is 5.32 Å². The molecular formula is C12H25NO4. The summed E-state index contributed by atoms with van der Waals surface area (Å²) in [6, 6.07) is 0. The molecule has 0 aromatic rings. The van der Waals surface area contributed by atoms with E-state index in [1.165, 1.54) is 0 Å². The first-order chi connectivity index (χ1) is 8.16. The quantitative estimate of drug-likeness (QED) is 0.435. The van der Waals surface area contributed by atoms with E-state index >= 15 is 0 Å². The second kappa shape index (κ2) is 11.8. The smallest absolute Gasteiger partial charge is 0.320 e. The highest BCUT2D eigenvalue weighted by atomic mass is 16.5. The first kappa shape index (κ1) is 16.4. The van der Waals surface area contributed by atoms with Gasteiger partial charge in [0.15, 0.2) is 0 Å². The molecule has 0 rings (SSSR count). The molecule has 1 N–H and O–H groups in total. The van der Waals surface area contributed by atoms with Crippen molar-refractivity contribution in [3.05, 3.63) is 0 Å². The predicted molar refractivity (Wildman–Crippen MR) is 66.0 cm³/mol. The van der Waals surface area contributed by atoms with Crippen molar-refractivity contribution < 1.29 is 19.0 Å². The molecule has 0 spiro atoms. The highest BCUT2D eigenvalue weighted by Crippen LogP contribution is 1.90. The van der Waals surface area contributed by atoms with E-state index in [-0.39, 0.29) is 18.6 Å². The molecule has 0 aromatic heterocycles. The lowest BCUT2D eigenvalue weighted by atomic mass is 10.3. The Kier molecular flexibility index (Phi) is 11.4. The van der Waals surface area contributed by atoms with E-state index in [0.29, 0.717) is 13.2 Å². The zero-order chi connectivity index (χ0) is 12.9. The Hall–Kier alpha value is -0.650. The van der Waals surface area contributed by atoms with Crippen molar-refractivity contribution in [2.24, 2.45) is 0 Å². The zero-order valence-corrected chi connectivity index (χ0v) is 11.2. The number of ether oxygens (including phenoxy) is 3. The van der Waals surface area contributed by atoms with E-state index in [2.05, 4.69) is 5.32 Å². The fourth-order valence-corrected chi connectivity index (χ4v) is 1.19. The lowest BCUT2D eigenvalue weighted by Gasteiger charge is -2.08. The summed E-state index contributed by atoms with van der Waals surface area (Å²) in [4.78, 5) is 11.1. The van der Waals surface area contributed by atoms with Crippen LogP contribution in [0.1, 0.15) is 26.7 Å². The molecule has 0 saturated heterocycles. The van der Waals surface area contributed by atoms with Gasteiger partial charge >= 0.3 is 5.97 Å². The van der Waals surface area contributed by atoms with Crippen LogP contribution in [-0.2, 0) is 19.0 Å². The predicted octanol–water partition coefficient (Wildman–Crippen LogP) is 0.971. The molecule has 0 unspecified atom stereocenters. The average molecular weight is 247 g/mol. The van der Waals surface area contributed by atoms with Crippen molar-refractivity contribution in [2.45, 2.75) is 32.8 Å². The minimum absolute atomic E-state index is 0.0431. The standard InChI is InChI=1S/C12H25NO4/c1-11(2)17-12(14)10-13-6-4-5-7-16-9-8-15-3/h11,13H,4-10H2,1-3H3. The largest absolute Gasteiger partial charge is 0.462 e. The number of esters is 1. The van der Waals surface area contributed by atoms with Gasteiger partial charge in [-0.25, -0.2) is 0 Å². The van der Waals surface area contributed by atoms with Crippen molar-refractivity contribution >= 4 is 5.97 Å². The van der Waals surface area contributed by atoms with E-state index in [1.54, 1.807) is 7.11 Å². The molecule has 17 heavy (non-hydrogen) atoms. The van der Waals surface area contributed by atoms with Crippen molar-refractivity contribution in [1.82, 2.24) is 5.32 Å². The summed E-state index contributed by atoms with van der Waals surface area (Å²) >= 11 is 0. The highest BCUT2D eigenvalue weighted by Gasteiger charge is 2.03. The Morgan fingerprint density at radius 3 is 2.59 bits per heavy atom. The molecule has 0 aliphatic carbocycles. The molecule has 0 aliphatic rings. The second-order valence-corrected chi connectivity index (χ2v) is 4.03. The third-order valence-electron chi connectivity index (χ3n) is 1.96. The fourth-order valence-electron chi connectivity index (χ4n) is 1.19. The monoisotopic (exact) mass is 247 g/mol. The van der Waals surface area contributed by atoms with Crippen LogP contribution in [0.3, 0.4) is 0 Å². The molecule has 0 bridgehead atoms. The lowest BCUT2D eigenvalue weighted by Crippen LogP contribution is -2.27. The maximum atomic E-state index is 11.1. The number of unbranched alkanes of at least 4 members (excludes halogenated alkanes) is 1. The first-order valence-corrected chi connectivity index (χ1v) is 6.13. The molecule has 5 nitrogen and oxygen atoms in total. The van der Waals surface area contributed by atoms with Crippen LogP contribution in [0.25, 0.3) is 0 Å². The van der Waals surface area contributed by atoms with E-state index in [0.717, 1.165) is 26.0 Å². The number of hydrogen-bond acceptors (Lipinski definition) is 5. The Labute approximate surface area is 104 Å². The van der Waals surface area contributed by atoms with Crippen molar-refractivity contribution in [2.75, 3.05) is 40.0 Å². The van der Waals surface area contributed by atoms with Crippen molar-refractivity contribution in [3.63, 3.8) is 0 Å². The van der Waals surface area contributed by atoms with E-state index in [1.807, 2.05) is 13.8 Å². The van der Waals surface area contributed by atoms with Crippen LogP contribution in [0, 0.1) is 0 Å². The molecule has 0 atom stereocenters. The minimum atomic E-state index is -0.198. The average Bonchev–Trinajstić information content (AvgIpc) is 2.26. The Morgan fingerprint density at radius 1 is 1.18 bits per heavy atom. The summed E-state index contributed by atoms with van der Waals surface area (Å²) in [6.07, 6.45) is 1.93. The van der Waals surface area contributed by atoms with E-state index in [9.17, 15) is 4.79 Å². The van der Waals surface area contributed by atoms with Crippen LogP contribution in [0.2, 0.25) is 0 Å². The van der Waals surface area contributed by atoms with Crippen LogP contribution >= 0.6 is 0 Å². The van der Waals surface area contributed by atoms with Gasteiger partial charge in [-0.05, 0) is 33.2 Å². The van der Waals surface area contributed by atoms with Gasteiger partial charge < -0.3 is 19.5 Å². The van der Waals surface area contributed by atoms with Gasteiger partial charge in [0.2, 0.25) is 0 Å². The summed E-state index contributed by atoms with van der Waals surface area (Å²) in [5.41, 5.74) is 0. The van der Waals surface area contributed by atoms with E-state index in [4.69, 9.17) is 14.2 Å². The van der Waals surface area contributed by atoms with Gasteiger partial charge in [0.05, 0.1) is 25.9 Å². The second-order valence-electron chi connectivity index (χ2n) is 4.03. The van der Waals surface area contributed by atoms with Crippen LogP contribution in [0.4, 0.5) is 0 Å². The molecular weight excluding hydrogens is 222 g/mol. The number of hydrogen-bond donors (Lipinski definition) is 1. The minimum Gasteiger partial charge on any atom is -0.462 e. The third kappa shape index (κ3) is 13.3. The third-order valence-corrected chi connectivity index (χ3v) is 1.96. The van der Waals surface area contributed by atoms with Gasteiger partial charge in [-0.15, -0.1) is 0 Å². The summed E-state index contributed by atoms with van der Waals surface area (Å²) in [5, 5.41) is 3.04. The number of carbonyl (C=O) groups excluding carboxylic acids is 1. The number of carbonyl (C=O) groups is 1. The van der Waals surface area contributed by atoms with Crippen LogP contribution in [-0.4, -0.2) is 52.1 Å². The van der Waals surface area contributed by atoms with Crippen molar-refractivity contribution in [3.8, 4) is 0 Å². The summed E-state index contributed by atoms with van der Waals surface area (Å²) < 4.78 is 15.1. The fraction of sp³-hybridized carbons (Fsp3) is 0.917. The molecule has 5 heteroatoms. The Balaban J connectivity index is 3.10. The SMILES string of the molecule is COCCOCCCCNCC(=O)OC(C)C. The van der Waals surface area contributed by atoms with E-state index < -0.39 is 0 Å². The Morgan fingerprint density at radius 2 is 1.94 bits per heavy atom. The molecule has 0 aliphatic heterocycles. The normalized spacial score (nSPS) is 10.8. The molecule has 0 amide bonds. The number of nitrogens with one attached hydrogen (secondary N) is 1. The summed E-state index contributed by atoms with van der Waals surface area (Å²) in [7, 11) is 1.66. The molecule has 102 valence electrons. The number of methoxy groups -OCH3 is 1. The van der Waals surface area contributed by atoms with Gasteiger partial charge in [-0.1, -0.05) is 0 Å². The van der Waals surface area contributed by atoms with Gasteiger partial charge in [-0.3, -0.25) is 4.79 Å². The molecule has 0 saturated carbocycles. The topological polar surface area (TPSA) is 56.8 Å². The maximum absolute atomic E-state index is 11.1. The summed E-state index contributed by atoms with van der Waals surface area (Å²) in [6.45, 7) is 6.79. The molecule has 0 radical (unpaired) electrons. The maximum Gasteiger partial charge on any atom is 0.320 e. The highest BCUT2D eigenvalue weighted by molar-refractivity contribution is 5.71. The van der Waals surface area contributed by atoms with Gasteiger partial charge in [-0.2, -0.15) is 0 Å². The molecule has 0 heterocycles.